The Hall–Kier alpha value is -1.87. The number of nitrogens with zero attached hydrogens (tertiary/aromatic N) is 1. The molecule has 2 rings (SSSR count). The Morgan fingerprint density at radius 1 is 1.10 bits per heavy atom. The molecule has 0 fully saturated rings. The van der Waals surface area contributed by atoms with Crippen molar-refractivity contribution in [3.63, 3.8) is 0 Å². The molecule has 0 aliphatic carbocycles. The number of nitrogens with one attached hydrogen (secondary N) is 1. The second kappa shape index (κ2) is 6.53. The smallest absolute Gasteiger partial charge is 0.224 e. The van der Waals surface area contributed by atoms with Crippen molar-refractivity contribution in [2.75, 3.05) is 6.54 Å². The number of aromatic nitrogens is 1. The van der Waals surface area contributed by atoms with Crippen LogP contribution >= 0.6 is 0 Å². The molecule has 1 aromatic carbocycles. The SMILES string of the molecule is CCNCc1c(C)cc(C)nc1Oc1ccc(C)cc1. The van der Waals surface area contributed by atoms with E-state index in [4.69, 9.17) is 4.74 Å². The minimum atomic E-state index is 0.701. The summed E-state index contributed by atoms with van der Waals surface area (Å²) in [7, 11) is 0. The van der Waals surface area contributed by atoms with Gasteiger partial charge in [-0.25, -0.2) is 4.98 Å². The van der Waals surface area contributed by atoms with Gasteiger partial charge in [0.2, 0.25) is 5.88 Å². The van der Waals surface area contributed by atoms with Gasteiger partial charge in [-0.1, -0.05) is 24.6 Å². The standard InChI is InChI=1S/C17H22N2O/c1-5-18-11-16-13(3)10-14(4)19-17(16)20-15-8-6-12(2)7-9-15/h6-10,18H,5,11H2,1-4H3. The van der Waals surface area contributed by atoms with Gasteiger partial charge in [-0.2, -0.15) is 0 Å². The number of hydrogen-bond acceptors (Lipinski definition) is 3. The van der Waals surface area contributed by atoms with Crippen molar-refractivity contribution in [1.29, 1.82) is 0 Å². The molecule has 0 unspecified atom stereocenters. The van der Waals surface area contributed by atoms with E-state index in [-0.39, 0.29) is 0 Å². The van der Waals surface area contributed by atoms with Gasteiger partial charge in [0.15, 0.2) is 0 Å². The van der Waals surface area contributed by atoms with Crippen molar-refractivity contribution < 1.29 is 4.74 Å². The van der Waals surface area contributed by atoms with Gasteiger partial charge in [-0.3, -0.25) is 0 Å². The normalized spacial score (nSPS) is 10.6. The van der Waals surface area contributed by atoms with Crippen molar-refractivity contribution in [3.8, 4) is 11.6 Å². The molecule has 0 radical (unpaired) electrons. The van der Waals surface area contributed by atoms with Crippen LogP contribution in [-0.2, 0) is 6.54 Å². The van der Waals surface area contributed by atoms with Crippen molar-refractivity contribution in [2.45, 2.75) is 34.2 Å². The second-order valence-corrected chi connectivity index (χ2v) is 5.06. The van der Waals surface area contributed by atoms with E-state index in [1.54, 1.807) is 0 Å². The van der Waals surface area contributed by atoms with E-state index in [9.17, 15) is 0 Å². The lowest BCUT2D eigenvalue weighted by Crippen LogP contribution is -2.14. The van der Waals surface area contributed by atoms with Crippen molar-refractivity contribution in [3.05, 3.63) is 52.7 Å². The van der Waals surface area contributed by atoms with E-state index in [2.05, 4.69) is 37.1 Å². The molecule has 1 heterocycles. The predicted octanol–water partition coefficient (Wildman–Crippen LogP) is 3.91. The summed E-state index contributed by atoms with van der Waals surface area (Å²) in [5.41, 5.74) is 4.53. The largest absolute Gasteiger partial charge is 0.439 e. The van der Waals surface area contributed by atoms with Gasteiger partial charge < -0.3 is 10.1 Å². The first-order valence-corrected chi connectivity index (χ1v) is 7.02. The molecule has 0 spiro atoms. The molecule has 0 atom stereocenters. The second-order valence-electron chi connectivity index (χ2n) is 5.06. The molecule has 0 aliphatic heterocycles. The molecule has 0 saturated carbocycles. The highest BCUT2D eigenvalue weighted by Gasteiger charge is 2.10. The quantitative estimate of drug-likeness (QED) is 0.894. The zero-order chi connectivity index (χ0) is 14.5. The van der Waals surface area contributed by atoms with Crippen molar-refractivity contribution >= 4 is 0 Å². The van der Waals surface area contributed by atoms with E-state index >= 15 is 0 Å². The van der Waals surface area contributed by atoms with Crippen LogP contribution in [0, 0.1) is 20.8 Å². The van der Waals surface area contributed by atoms with Crippen LogP contribution in [0.25, 0.3) is 0 Å². The minimum Gasteiger partial charge on any atom is -0.439 e. The number of hydrogen-bond donors (Lipinski definition) is 1. The van der Waals surface area contributed by atoms with Crippen LogP contribution in [0.3, 0.4) is 0 Å². The lowest BCUT2D eigenvalue weighted by Gasteiger charge is -2.14. The highest BCUT2D eigenvalue weighted by molar-refractivity contribution is 5.39. The Kier molecular flexibility index (Phi) is 4.74. The Morgan fingerprint density at radius 2 is 1.80 bits per heavy atom. The van der Waals surface area contributed by atoms with Gasteiger partial charge in [0, 0.05) is 17.8 Å². The fraction of sp³-hybridized carbons (Fsp3) is 0.353. The first-order chi connectivity index (χ1) is 9.60. The predicted molar refractivity (Wildman–Crippen MR) is 82.3 cm³/mol. The van der Waals surface area contributed by atoms with Crippen LogP contribution in [0.5, 0.6) is 11.6 Å². The molecule has 0 aliphatic rings. The fourth-order valence-electron chi connectivity index (χ4n) is 2.10. The Morgan fingerprint density at radius 3 is 2.45 bits per heavy atom. The molecular weight excluding hydrogens is 248 g/mol. The van der Waals surface area contributed by atoms with Gasteiger partial charge in [0.25, 0.3) is 0 Å². The Labute approximate surface area is 121 Å². The summed E-state index contributed by atoms with van der Waals surface area (Å²) < 4.78 is 5.97. The highest BCUT2D eigenvalue weighted by atomic mass is 16.5. The van der Waals surface area contributed by atoms with E-state index in [0.29, 0.717) is 5.88 Å². The van der Waals surface area contributed by atoms with Gasteiger partial charge in [0.05, 0.1) is 0 Å². The molecule has 20 heavy (non-hydrogen) atoms. The molecule has 0 bridgehead atoms. The van der Waals surface area contributed by atoms with E-state index in [0.717, 1.165) is 30.1 Å². The zero-order valence-corrected chi connectivity index (χ0v) is 12.7. The summed E-state index contributed by atoms with van der Waals surface area (Å²) in [6.45, 7) is 9.95. The number of benzene rings is 1. The van der Waals surface area contributed by atoms with Gasteiger partial charge in [-0.05, 0) is 51.1 Å². The number of pyridine rings is 1. The molecule has 106 valence electrons. The molecule has 3 nitrogen and oxygen atoms in total. The molecule has 1 N–H and O–H groups in total. The molecule has 3 heteroatoms. The first kappa shape index (κ1) is 14.5. The van der Waals surface area contributed by atoms with Crippen molar-refractivity contribution in [2.24, 2.45) is 0 Å². The van der Waals surface area contributed by atoms with Crippen molar-refractivity contribution in [1.82, 2.24) is 10.3 Å². The highest BCUT2D eigenvalue weighted by Crippen LogP contribution is 2.26. The van der Waals surface area contributed by atoms with Crippen LogP contribution in [0.15, 0.2) is 30.3 Å². The summed E-state index contributed by atoms with van der Waals surface area (Å²) in [5.74, 6) is 1.53. The first-order valence-electron chi connectivity index (χ1n) is 7.02. The third kappa shape index (κ3) is 3.58. The van der Waals surface area contributed by atoms with Crippen LogP contribution in [-0.4, -0.2) is 11.5 Å². The average molecular weight is 270 g/mol. The third-order valence-electron chi connectivity index (χ3n) is 3.22. The van der Waals surface area contributed by atoms with E-state index < -0.39 is 0 Å². The number of rotatable bonds is 5. The Balaban J connectivity index is 2.31. The average Bonchev–Trinajstić information content (AvgIpc) is 2.40. The van der Waals surface area contributed by atoms with Gasteiger partial charge in [0.1, 0.15) is 5.75 Å². The Bertz CT molecular complexity index is 576. The maximum atomic E-state index is 5.97. The van der Waals surface area contributed by atoms with Gasteiger partial charge >= 0.3 is 0 Å². The van der Waals surface area contributed by atoms with E-state index in [1.165, 1.54) is 11.1 Å². The summed E-state index contributed by atoms with van der Waals surface area (Å²) in [6.07, 6.45) is 0. The maximum Gasteiger partial charge on any atom is 0.224 e. The lowest BCUT2D eigenvalue weighted by atomic mass is 10.1. The lowest BCUT2D eigenvalue weighted by molar-refractivity contribution is 0.451. The fourth-order valence-corrected chi connectivity index (χ4v) is 2.10. The minimum absolute atomic E-state index is 0.701. The van der Waals surface area contributed by atoms with Crippen LogP contribution in [0.1, 0.15) is 29.3 Å². The zero-order valence-electron chi connectivity index (χ0n) is 12.7. The number of ether oxygens (including phenoxy) is 1. The van der Waals surface area contributed by atoms with Crippen LogP contribution in [0.2, 0.25) is 0 Å². The van der Waals surface area contributed by atoms with Crippen LogP contribution in [0.4, 0.5) is 0 Å². The summed E-state index contributed by atoms with van der Waals surface area (Å²) in [5, 5.41) is 3.34. The topological polar surface area (TPSA) is 34.2 Å². The molecular formula is C17H22N2O. The molecule has 2 aromatic rings. The summed E-state index contributed by atoms with van der Waals surface area (Å²) in [6, 6.07) is 10.1. The van der Waals surface area contributed by atoms with Crippen LogP contribution < -0.4 is 10.1 Å². The molecule has 0 amide bonds. The molecule has 0 saturated heterocycles. The summed E-state index contributed by atoms with van der Waals surface area (Å²) in [4.78, 5) is 4.54. The monoisotopic (exact) mass is 270 g/mol. The number of aryl methyl sites for hydroxylation is 3. The van der Waals surface area contributed by atoms with Gasteiger partial charge in [-0.15, -0.1) is 0 Å². The maximum absolute atomic E-state index is 5.97. The molecule has 1 aromatic heterocycles. The third-order valence-corrected chi connectivity index (χ3v) is 3.22. The summed E-state index contributed by atoms with van der Waals surface area (Å²) >= 11 is 0. The van der Waals surface area contributed by atoms with E-state index in [1.807, 2.05) is 31.2 Å².